The number of hydrogen-bond acceptors (Lipinski definition) is 4. The highest BCUT2D eigenvalue weighted by Gasteiger charge is 2.36. The molecule has 2 unspecified atom stereocenters. The number of carboxylic acid groups (broad SMARTS) is 1. The molecule has 1 fully saturated rings. The van der Waals surface area contributed by atoms with Gasteiger partial charge < -0.3 is 15.3 Å². The molecular weight excluding hydrogens is 260 g/mol. The van der Waals surface area contributed by atoms with Crippen molar-refractivity contribution in [3.8, 4) is 0 Å². The minimum absolute atomic E-state index is 0.0302. The highest BCUT2D eigenvalue weighted by molar-refractivity contribution is 5.77. The van der Waals surface area contributed by atoms with Crippen LogP contribution in [0.1, 0.15) is 18.3 Å². The maximum Gasteiger partial charge on any atom is 0.317 e. The standard InChI is InChI=1S/C13H18N4O3/c1-8-6-17(7-11(8)12(18)19)13(20)16-5-10-4-14-9(2)3-15-10/h3-4,8,11H,5-7H2,1-2H3,(H,16,20)(H,18,19). The maximum atomic E-state index is 12.0. The van der Waals surface area contributed by atoms with Gasteiger partial charge in [0.05, 0.1) is 30.0 Å². The molecule has 108 valence electrons. The number of urea groups is 1. The average molecular weight is 278 g/mol. The van der Waals surface area contributed by atoms with Crippen LogP contribution in [0.4, 0.5) is 4.79 Å². The number of carbonyl (C=O) groups excluding carboxylic acids is 1. The molecule has 1 aromatic heterocycles. The summed E-state index contributed by atoms with van der Waals surface area (Å²) in [5, 5.41) is 11.8. The molecule has 2 atom stereocenters. The van der Waals surface area contributed by atoms with Crippen LogP contribution in [-0.2, 0) is 11.3 Å². The van der Waals surface area contributed by atoms with Gasteiger partial charge in [-0.3, -0.25) is 14.8 Å². The summed E-state index contributed by atoms with van der Waals surface area (Å²) in [6.07, 6.45) is 3.25. The number of hydrogen-bond donors (Lipinski definition) is 2. The second-order valence-corrected chi connectivity index (χ2v) is 5.13. The summed E-state index contributed by atoms with van der Waals surface area (Å²) in [6, 6.07) is -0.261. The van der Waals surface area contributed by atoms with Gasteiger partial charge in [-0.25, -0.2) is 4.79 Å². The second kappa shape index (κ2) is 5.85. The zero-order valence-electron chi connectivity index (χ0n) is 11.5. The molecule has 2 rings (SSSR count). The first-order valence-corrected chi connectivity index (χ1v) is 6.50. The van der Waals surface area contributed by atoms with E-state index in [0.29, 0.717) is 12.2 Å². The Balaban J connectivity index is 1.87. The van der Waals surface area contributed by atoms with Crippen molar-refractivity contribution < 1.29 is 14.7 Å². The highest BCUT2D eigenvalue weighted by Crippen LogP contribution is 2.22. The third kappa shape index (κ3) is 3.23. The summed E-state index contributed by atoms with van der Waals surface area (Å²) < 4.78 is 0. The van der Waals surface area contributed by atoms with E-state index in [2.05, 4.69) is 15.3 Å². The van der Waals surface area contributed by atoms with E-state index in [1.807, 2.05) is 13.8 Å². The molecule has 2 heterocycles. The number of carboxylic acids is 1. The van der Waals surface area contributed by atoms with E-state index in [1.165, 1.54) is 4.90 Å². The molecule has 0 bridgehead atoms. The van der Waals surface area contributed by atoms with E-state index in [0.717, 1.165) is 5.69 Å². The molecule has 7 heteroatoms. The molecule has 2 N–H and O–H groups in total. The SMILES string of the molecule is Cc1cnc(CNC(=O)N2CC(C)C(C(=O)O)C2)cn1. The fourth-order valence-electron chi connectivity index (χ4n) is 2.24. The van der Waals surface area contributed by atoms with Gasteiger partial charge in [-0.2, -0.15) is 0 Å². The number of likely N-dealkylation sites (tertiary alicyclic amines) is 1. The Morgan fingerprint density at radius 2 is 2.15 bits per heavy atom. The van der Waals surface area contributed by atoms with Crippen molar-refractivity contribution in [3.63, 3.8) is 0 Å². The molecule has 7 nitrogen and oxygen atoms in total. The van der Waals surface area contributed by atoms with Crippen molar-refractivity contribution in [1.82, 2.24) is 20.2 Å². The Morgan fingerprint density at radius 3 is 2.70 bits per heavy atom. The van der Waals surface area contributed by atoms with Gasteiger partial charge in [0.2, 0.25) is 0 Å². The minimum atomic E-state index is -0.850. The Morgan fingerprint density at radius 1 is 1.40 bits per heavy atom. The van der Waals surface area contributed by atoms with Gasteiger partial charge in [-0.15, -0.1) is 0 Å². The van der Waals surface area contributed by atoms with Crippen LogP contribution >= 0.6 is 0 Å². The van der Waals surface area contributed by atoms with E-state index >= 15 is 0 Å². The highest BCUT2D eigenvalue weighted by atomic mass is 16.4. The Kier molecular flexibility index (Phi) is 4.16. The smallest absolute Gasteiger partial charge is 0.317 e. The first-order chi connectivity index (χ1) is 9.47. The van der Waals surface area contributed by atoms with Gasteiger partial charge in [-0.05, 0) is 12.8 Å². The van der Waals surface area contributed by atoms with Crippen LogP contribution in [0.15, 0.2) is 12.4 Å². The van der Waals surface area contributed by atoms with Crippen molar-refractivity contribution in [2.45, 2.75) is 20.4 Å². The molecule has 0 aromatic carbocycles. The molecule has 1 aliphatic heterocycles. The molecule has 1 saturated heterocycles. The Labute approximate surface area is 117 Å². The van der Waals surface area contributed by atoms with E-state index in [4.69, 9.17) is 5.11 Å². The van der Waals surface area contributed by atoms with Crippen LogP contribution in [-0.4, -0.2) is 45.1 Å². The number of carbonyl (C=O) groups is 2. The van der Waals surface area contributed by atoms with Crippen molar-refractivity contribution in [2.24, 2.45) is 11.8 Å². The number of rotatable bonds is 3. The molecule has 0 radical (unpaired) electrons. The van der Waals surface area contributed by atoms with Gasteiger partial charge in [0, 0.05) is 19.3 Å². The Hall–Kier alpha value is -2.18. The second-order valence-electron chi connectivity index (χ2n) is 5.13. The molecule has 0 aliphatic carbocycles. The van der Waals surface area contributed by atoms with Crippen LogP contribution in [0.5, 0.6) is 0 Å². The number of amides is 2. The first kappa shape index (κ1) is 14.2. The lowest BCUT2D eigenvalue weighted by molar-refractivity contribution is -0.142. The van der Waals surface area contributed by atoms with Crippen molar-refractivity contribution in [1.29, 1.82) is 0 Å². The molecule has 0 spiro atoms. The number of aromatic nitrogens is 2. The first-order valence-electron chi connectivity index (χ1n) is 6.50. The van der Waals surface area contributed by atoms with Crippen LogP contribution < -0.4 is 5.32 Å². The molecule has 0 saturated carbocycles. The summed E-state index contributed by atoms with van der Waals surface area (Å²) in [5.74, 6) is -1.37. The maximum absolute atomic E-state index is 12.0. The number of nitrogens with one attached hydrogen (secondary N) is 1. The monoisotopic (exact) mass is 278 g/mol. The lowest BCUT2D eigenvalue weighted by Gasteiger charge is -2.16. The molecule has 1 aliphatic rings. The van der Waals surface area contributed by atoms with Crippen molar-refractivity contribution in [3.05, 3.63) is 23.8 Å². The summed E-state index contributed by atoms with van der Waals surface area (Å²) >= 11 is 0. The van der Waals surface area contributed by atoms with Crippen molar-refractivity contribution >= 4 is 12.0 Å². The molecule has 1 aromatic rings. The largest absolute Gasteiger partial charge is 0.481 e. The topological polar surface area (TPSA) is 95.4 Å². The molecule has 20 heavy (non-hydrogen) atoms. The fourth-order valence-corrected chi connectivity index (χ4v) is 2.24. The average Bonchev–Trinajstić information content (AvgIpc) is 2.80. The van der Waals surface area contributed by atoms with Crippen LogP contribution in [0.2, 0.25) is 0 Å². The number of aliphatic carboxylic acids is 1. The summed E-state index contributed by atoms with van der Waals surface area (Å²) in [7, 11) is 0. The van der Waals surface area contributed by atoms with E-state index in [1.54, 1.807) is 12.4 Å². The number of aryl methyl sites for hydroxylation is 1. The zero-order chi connectivity index (χ0) is 14.7. The van der Waals surface area contributed by atoms with Crippen LogP contribution in [0.25, 0.3) is 0 Å². The van der Waals surface area contributed by atoms with E-state index in [9.17, 15) is 9.59 Å². The van der Waals surface area contributed by atoms with Crippen molar-refractivity contribution in [2.75, 3.05) is 13.1 Å². The van der Waals surface area contributed by atoms with Gasteiger partial charge in [0.1, 0.15) is 0 Å². The van der Waals surface area contributed by atoms with Gasteiger partial charge in [0.15, 0.2) is 0 Å². The molecule has 2 amide bonds. The predicted octanol–water partition coefficient (Wildman–Crippen LogP) is 0.647. The third-order valence-corrected chi connectivity index (χ3v) is 3.47. The predicted molar refractivity (Wildman–Crippen MR) is 70.9 cm³/mol. The zero-order valence-corrected chi connectivity index (χ0v) is 11.5. The normalized spacial score (nSPS) is 21.8. The summed E-state index contributed by atoms with van der Waals surface area (Å²) in [5.41, 5.74) is 1.49. The summed E-state index contributed by atoms with van der Waals surface area (Å²) in [6.45, 7) is 4.68. The van der Waals surface area contributed by atoms with Gasteiger partial charge >= 0.3 is 12.0 Å². The van der Waals surface area contributed by atoms with E-state index in [-0.39, 0.29) is 25.0 Å². The van der Waals surface area contributed by atoms with Gasteiger partial charge in [-0.1, -0.05) is 6.92 Å². The quantitative estimate of drug-likeness (QED) is 0.846. The van der Waals surface area contributed by atoms with Gasteiger partial charge in [0.25, 0.3) is 0 Å². The third-order valence-electron chi connectivity index (χ3n) is 3.47. The van der Waals surface area contributed by atoms with E-state index < -0.39 is 11.9 Å². The summed E-state index contributed by atoms with van der Waals surface area (Å²) in [4.78, 5) is 32.8. The minimum Gasteiger partial charge on any atom is -0.481 e. The Bertz CT molecular complexity index is 503. The fraction of sp³-hybridized carbons (Fsp3) is 0.538. The van der Waals surface area contributed by atoms with Crippen LogP contribution in [0, 0.1) is 18.8 Å². The lowest BCUT2D eigenvalue weighted by atomic mass is 9.99. The molecular formula is C13H18N4O3. The van der Waals surface area contributed by atoms with Crippen LogP contribution in [0.3, 0.4) is 0 Å². The lowest BCUT2D eigenvalue weighted by Crippen LogP contribution is -2.38. The number of nitrogens with zero attached hydrogens (tertiary/aromatic N) is 3.